The Labute approximate surface area is 110 Å². The van der Waals surface area contributed by atoms with Crippen LogP contribution in [0.2, 0.25) is 0 Å². The molecule has 4 nitrogen and oxygen atoms in total. The van der Waals surface area contributed by atoms with Gasteiger partial charge in [0.25, 0.3) is 5.91 Å². The first-order valence-electron chi connectivity index (χ1n) is 5.42. The van der Waals surface area contributed by atoms with Crippen molar-refractivity contribution in [3.63, 3.8) is 0 Å². The highest BCUT2D eigenvalue weighted by Crippen LogP contribution is 2.16. The summed E-state index contributed by atoms with van der Waals surface area (Å²) >= 11 is 1.36. The minimum atomic E-state index is -0.194. The number of carbonyl (C=O) groups excluding carboxylic acids is 1. The van der Waals surface area contributed by atoms with Crippen molar-refractivity contribution in [3.05, 3.63) is 21.9 Å². The van der Waals surface area contributed by atoms with Gasteiger partial charge in [0.2, 0.25) is 0 Å². The van der Waals surface area contributed by atoms with E-state index in [0.29, 0.717) is 12.0 Å². The Hall–Kier alpha value is -1.82. The number of carbonyl (C=O) groups is 1. The summed E-state index contributed by atoms with van der Waals surface area (Å²) in [6.07, 6.45) is 0.309. The molecule has 0 aliphatic heterocycles. The molecule has 0 bridgehead atoms. The fraction of sp³-hybridized carbons (Fsp3) is 0.385. The quantitative estimate of drug-likeness (QED) is 0.839. The molecule has 0 aliphatic rings. The Kier molecular flexibility index (Phi) is 5.38. The molecule has 1 unspecified atom stereocenters. The number of amides is 1. The second-order valence-electron chi connectivity index (χ2n) is 3.79. The lowest BCUT2D eigenvalue weighted by molar-refractivity contribution is 0.0747. The maximum Gasteiger partial charge on any atom is 0.254 e. The largest absolute Gasteiger partial charge is 0.384 e. The van der Waals surface area contributed by atoms with Gasteiger partial charge >= 0.3 is 0 Å². The van der Waals surface area contributed by atoms with Crippen LogP contribution in [0.1, 0.15) is 28.6 Å². The molecule has 0 saturated heterocycles. The third-order valence-electron chi connectivity index (χ3n) is 2.51. The van der Waals surface area contributed by atoms with Gasteiger partial charge in [-0.2, -0.15) is 5.26 Å². The molecule has 1 aromatic rings. The molecule has 1 rings (SSSR count). The normalized spacial score (nSPS) is 11.0. The summed E-state index contributed by atoms with van der Waals surface area (Å²) in [5.74, 6) is 5.18. The van der Waals surface area contributed by atoms with Crippen molar-refractivity contribution in [3.8, 4) is 17.9 Å². The average Bonchev–Trinajstić information content (AvgIpc) is 2.83. The predicted octanol–water partition coefficient (Wildman–Crippen LogP) is 1.47. The summed E-state index contributed by atoms with van der Waals surface area (Å²) in [5.41, 5.74) is 0.564. The summed E-state index contributed by atoms with van der Waals surface area (Å²) in [7, 11) is 1.68. The first kappa shape index (κ1) is 14.2. The van der Waals surface area contributed by atoms with Gasteiger partial charge in [-0.3, -0.25) is 4.79 Å². The molecular formula is C13H14N2O2S. The minimum absolute atomic E-state index is 0.116. The van der Waals surface area contributed by atoms with E-state index in [1.54, 1.807) is 23.4 Å². The van der Waals surface area contributed by atoms with Crippen molar-refractivity contribution in [1.82, 2.24) is 4.90 Å². The Morgan fingerprint density at radius 2 is 2.39 bits per heavy atom. The fourth-order valence-electron chi connectivity index (χ4n) is 1.31. The summed E-state index contributed by atoms with van der Waals surface area (Å²) in [6, 6.07) is 3.63. The molecular weight excluding hydrogens is 248 g/mol. The van der Waals surface area contributed by atoms with Crippen molar-refractivity contribution in [2.24, 2.45) is 0 Å². The molecule has 1 aromatic heterocycles. The van der Waals surface area contributed by atoms with E-state index in [4.69, 9.17) is 10.4 Å². The number of nitriles is 1. The van der Waals surface area contributed by atoms with Gasteiger partial charge < -0.3 is 10.0 Å². The Morgan fingerprint density at radius 1 is 1.67 bits per heavy atom. The van der Waals surface area contributed by atoms with Crippen LogP contribution in [0.5, 0.6) is 0 Å². The lowest BCUT2D eigenvalue weighted by atomic mass is 10.2. The molecule has 1 amide bonds. The second-order valence-corrected chi connectivity index (χ2v) is 4.70. The molecule has 1 N–H and O–H groups in total. The summed E-state index contributed by atoms with van der Waals surface area (Å²) in [6.45, 7) is 1.64. The third kappa shape index (κ3) is 3.59. The second kappa shape index (κ2) is 6.80. The Morgan fingerprint density at radius 3 is 3.00 bits per heavy atom. The summed E-state index contributed by atoms with van der Waals surface area (Å²) < 4.78 is 0. The van der Waals surface area contributed by atoms with Crippen LogP contribution in [0.3, 0.4) is 0 Å². The van der Waals surface area contributed by atoms with Crippen LogP contribution >= 0.6 is 11.3 Å². The van der Waals surface area contributed by atoms with Gasteiger partial charge in [-0.05, 0) is 13.0 Å². The molecule has 0 spiro atoms. The first-order chi connectivity index (χ1) is 8.60. The lowest BCUT2D eigenvalue weighted by Crippen LogP contribution is -2.34. The molecule has 0 aromatic carbocycles. The van der Waals surface area contributed by atoms with E-state index in [9.17, 15) is 4.79 Å². The zero-order chi connectivity index (χ0) is 13.5. The summed E-state index contributed by atoms with van der Waals surface area (Å²) in [5, 5.41) is 18.9. The van der Waals surface area contributed by atoms with E-state index < -0.39 is 0 Å². The van der Waals surface area contributed by atoms with Crippen molar-refractivity contribution in [1.29, 1.82) is 5.26 Å². The van der Waals surface area contributed by atoms with Crippen molar-refractivity contribution in [2.75, 3.05) is 13.7 Å². The predicted molar refractivity (Wildman–Crippen MR) is 70.1 cm³/mol. The maximum atomic E-state index is 12.1. The number of rotatable bonds is 3. The molecule has 0 radical (unpaired) electrons. The van der Waals surface area contributed by atoms with Crippen molar-refractivity contribution >= 4 is 17.2 Å². The monoisotopic (exact) mass is 262 g/mol. The molecule has 1 atom stereocenters. The van der Waals surface area contributed by atoms with E-state index in [2.05, 4.69) is 11.8 Å². The van der Waals surface area contributed by atoms with E-state index in [0.717, 1.165) is 4.88 Å². The highest BCUT2D eigenvalue weighted by molar-refractivity contribution is 7.10. The van der Waals surface area contributed by atoms with Gasteiger partial charge in [-0.25, -0.2) is 0 Å². The highest BCUT2D eigenvalue weighted by atomic mass is 32.1. The fourth-order valence-corrected chi connectivity index (χ4v) is 2.06. The minimum Gasteiger partial charge on any atom is -0.384 e. The maximum absolute atomic E-state index is 12.1. The van der Waals surface area contributed by atoms with Gasteiger partial charge in [-0.1, -0.05) is 11.8 Å². The van der Waals surface area contributed by atoms with Gasteiger partial charge in [0, 0.05) is 18.5 Å². The van der Waals surface area contributed by atoms with Crippen LogP contribution in [-0.2, 0) is 0 Å². The molecule has 0 fully saturated rings. The number of aliphatic hydroxyl groups excluding tert-OH is 1. The van der Waals surface area contributed by atoms with Crippen LogP contribution in [0.4, 0.5) is 0 Å². The smallest absolute Gasteiger partial charge is 0.254 e. The van der Waals surface area contributed by atoms with E-state index in [1.165, 1.54) is 11.3 Å². The zero-order valence-electron chi connectivity index (χ0n) is 10.3. The van der Waals surface area contributed by atoms with E-state index in [1.807, 2.05) is 13.0 Å². The molecule has 5 heteroatoms. The Balaban J connectivity index is 2.78. The Bertz CT molecular complexity index is 519. The first-order valence-corrected chi connectivity index (χ1v) is 6.30. The van der Waals surface area contributed by atoms with E-state index in [-0.39, 0.29) is 18.6 Å². The number of aliphatic hydroxyl groups is 1. The molecule has 0 aliphatic carbocycles. The van der Waals surface area contributed by atoms with Crippen LogP contribution in [0.15, 0.2) is 11.4 Å². The van der Waals surface area contributed by atoms with Gasteiger partial charge in [0.15, 0.2) is 0 Å². The van der Waals surface area contributed by atoms with Crippen LogP contribution in [0.25, 0.3) is 0 Å². The highest BCUT2D eigenvalue weighted by Gasteiger charge is 2.18. The van der Waals surface area contributed by atoms with Crippen LogP contribution < -0.4 is 0 Å². The molecule has 0 saturated carbocycles. The van der Waals surface area contributed by atoms with E-state index >= 15 is 0 Å². The van der Waals surface area contributed by atoms with Crippen LogP contribution in [0, 0.1) is 23.2 Å². The number of hydrogen-bond acceptors (Lipinski definition) is 4. The number of nitrogens with zero attached hydrogens (tertiary/aromatic N) is 2. The van der Waals surface area contributed by atoms with Gasteiger partial charge in [0.1, 0.15) is 6.61 Å². The van der Waals surface area contributed by atoms with Gasteiger partial charge in [-0.15, -0.1) is 11.3 Å². The van der Waals surface area contributed by atoms with Crippen molar-refractivity contribution in [2.45, 2.75) is 19.4 Å². The molecule has 18 heavy (non-hydrogen) atoms. The topological polar surface area (TPSA) is 64.3 Å². The molecule has 94 valence electrons. The standard InChI is InChI=1S/C13H14N2O2S/c1-10(5-6-14)15(2)13(17)11-8-12(18-9-11)4-3-7-16/h8-10,16H,5,7H2,1-2H3. The van der Waals surface area contributed by atoms with Crippen LogP contribution in [-0.4, -0.2) is 35.6 Å². The lowest BCUT2D eigenvalue weighted by Gasteiger charge is -2.22. The van der Waals surface area contributed by atoms with Gasteiger partial charge in [0.05, 0.1) is 22.9 Å². The SMILES string of the molecule is CC(CC#N)N(C)C(=O)c1csc(C#CCO)c1. The number of hydrogen-bond donors (Lipinski definition) is 1. The third-order valence-corrected chi connectivity index (χ3v) is 3.35. The van der Waals surface area contributed by atoms with Crippen molar-refractivity contribution < 1.29 is 9.90 Å². The summed E-state index contributed by atoms with van der Waals surface area (Å²) in [4.78, 5) is 14.4. The molecule has 1 heterocycles. The zero-order valence-corrected chi connectivity index (χ0v) is 11.1. The average molecular weight is 262 g/mol. The number of thiophene rings is 1.